The summed E-state index contributed by atoms with van der Waals surface area (Å²) < 4.78 is 10.6. The van der Waals surface area contributed by atoms with Gasteiger partial charge in [-0.15, -0.1) is 0 Å². The number of methoxy groups -OCH3 is 1. The van der Waals surface area contributed by atoms with Crippen molar-refractivity contribution in [3.63, 3.8) is 0 Å². The number of Topliss-reactive ketones (excluding diaryl/α,β-unsaturated/α-hetero) is 1. The van der Waals surface area contributed by atoms with Crippen molar-refractivity contribution in [3.8, 4) is 11.5 Å². The third-order valence-corrected chi connectivity index (χ3v) is 3.34. The van der Waals surface area contributed by atoms with Gasteiger partial charge in [0.25, 0.3) is 0 Å². The molecule has 0 bridgehead atoms. The molecule has 0 spiro atoms. The number of carbonyl (C=O) groups excluding carboxylic acids is 1. The van der Waals surface area contributed by atoms with E-state index in [2.05, 4.69) is 0 Å². The number of carbonyl (C=O) groups is 1. The van der Waals surface area contributed by atoms with Crippen LogP contribution in [0.5, 0.6) is 11.5 Å². The first-order valence-corrected chi connectivity index (χ1v) is 5.93. The van der Waals surface area contributed by atoms with Gasteiger partial charge in [0.05, 0.1) is 12.7 Å². The Kier molecular flexibility index (Phi) is 2.86. The molecule has 1 aromatic carbocycles. The second-order valence-corrected chi connectivity index (χ2v) is 4.30. The zero-order chi connectivity index (χ0) is 10.8. The predicted molar refractivity (Wildman–Crippen MR) is 60.1 cm³/mol. The van der Waals surface area contributed by atoms with Gasteiger partial charge in [0, 0.05) is 6.07 Å². The molecule has 0 saturated heterocycles. The number of hydrogen-bond donors (Lipinski definition) is 0. The Labute approximate surface area is 92.8 Å². The normalized spacial score (nSPS) is 19.3. The molecular weight excluding hydrogens is 212 g/mol. The summed E-state index contributed by atoms with van der Waals surface area (Å²) >= 11 is 1.52. The molecule has 0 amide bonds. The van der Waals surface area contributed by atoms with Crippen LogP contribution in [0.25, 0.3) is 0 Å². The van der Waals surface area contributed by atoms with E-state index in [0.717, 1.165) is 0 Å². The third kappa shape index (κ3) is 1.81. The van der Waals surface area contributed by atoms with Gasteiger partial charge in [-0.3, -0.25) is 4.79 Å². The molecule has 0 radical (unpaired) electrons. The van der Waals surface area contributed by atoms with Gasteiger partial charge in [-0.05, 0) is 18.4 Å². The molecule has 0 fully saturated rings. The van der Waals surface area contributed by atoms with Gasteiger partial charge in [0.15, 0.2) is 5.78 Å². The molecule has 0 aromatic heterocycles. The quantitative estimate of drug-likeness (QED) is 0.769. The highest BCUT2D eigenvalue weighted by atomic mass is 32.2. The van der Waals surface area contributed by atoms with Gasteiger partial charge in [0.1, 0.15) is 23.4 Å². The Morgan fingerprint density at radius 3 is 3.00 bits per heavy atom. The molecule has 0 saturated carbocycles. The van der Waals surface area contributed by atoms with Crippen molar-refractivity contribution < 1.29 is 14.3 Å². The van der Waals surface area contributed by atoms with E-state index < -0.39 is 0 Å². The largest absolute Gasteiger partial charge is 0.497 e. The molecule has 1 unspecified atom stereocenters. The average molecular weight is 224 g/mol. The number of rotatable bonds is 2. The van der Waals surface area contributed by atoms with Gasteiger partial charge in [-0.1, -0.05) is 0 Å². The zero-order valence-corrected chi connectivity index (χ0v) is 9.47. The third-order valence-electron chi connectivity index (χ3n) is 2.42. The summed E-state index contributed by atoms with van der Waals surface area (Å²) in [5, 5.41) is -0.0779. The molecule has 3 nitrogen and oxygen atoms in total. The van der Waals surface area contributed by atoms with Crippen LogP contribution in [-0.4, -0.2) is 31.0 Å². The Bertz CT molecular complexity index is 389. The minimum atomic E-state index is -0.0779. The standard InChI is InChI=1S/C11H12O3S/c1-13-7-3-4-8-9(5-7)14-6-10(15-2)11(8)12/h3-5,10H,6H2,1-2H3. The summed E-state index contributed by atoms with van der Waals surface area (Å²) in [5.41, 5.74) is 0.654. The molecule has 1 atom stereocenters. The first-order chi connectivity index (χ1) is 7.26. The molecule has 2 rings (SSSR count). The van der Waals surface area contributed by atoms with Crippen molar-refractivity contribution in [2.75, 3.05) is 20.0 Å². The second kappa shape index (κ2) is 4.14. The lowest BCUT2D eigenvalue weighted by Gasteiger charge is -2.22. The lowest BCUT2D eigenvalue weighted by Crippen LogP contribution is -2.29. The number of hydrogen-bond acceptors (Lipinski definition) is 4. The first-order valence-electron chi connectivity index (χ1n) is 4.64. The van der Waals surface area contributed by atoms with Gasteiger partial charge in [0.2, 0.25) is 0 Å². The number of benzene rings is 1. The van der Waals surface area contributed by atoms with Crippen molar-refractivity contribution in [1.82, 2.24) is 0 Å². The molecule has 1 heterocycles. The summed E-state index contributed by atoms with van der Waals surface area (Å²) in [5.74, 6) is 1.49. The Morgan fingerprint density at radius 1 is 1.53 bits per heavy atom. The lowest BCUT2D eigenvalue weighted by atomic mass is 10.0. The van der Waals surface area contributed by atoms with Crippen molar-refractivity contribution in [2.45, 2.75) is 5.25 Å². The van der Waals surface area contributed by atoms with Crippen molar-refractivity contribution in [2.24, 2.45) is 0 Å². The van der Waals surface area contributed by atoms with Crippen LogP contribution in [0, 0.1) is 0 Å². The Morgan fingerprint density at radius 2 is 2.33 bits per heavy atom. The minimum absolute atomic E-state index is 0.0779. The smallest absolute Gasteiger partial charge is 0.182 e. The number of fused-ring (bicyclic) bond motifs is 1. The van der Waals surface area contributed by atoms with Gasteiger partial charge in [-0.25, -0.2) is 0 Å². The maximum atomic E-state index is 11.9. The van der Waals surface area contributed by atoms with E-state index >= 15 is 0 Å². The van der Waals surface area contributed by atoms with Crippen LogP contribution in [0.2, 0.25) is 0 Å². The fourth-order valence-corrected chi connectivity index (χ4v) is 2.09. The monoisotopic (exact) mass is 224 g/mol. The Balaban J connectivity index is 2.37. The summed E-state index contributed by atoms with van der Waals surface area (Å²) in [6, 6.07) is 5.30. The van der Waals surface area contributed by atoms with Crippen LogP contribution in [0.4, 0.5) is 0 Å². The summed E-state index contributed by atoms with van der Waals surface area (Å²) in [6.07, 6.45) is 1.92. The van der Waals surface area contributed by atoms with E-state index in [-0.39, 0.29) is 11.0 Å². The number of ketones is 1. The molecule has 1 aromatic rings. The van der Waals surface area contributed by atoms with Crippen LogP contribution in [0.15, 0.2) is 18.2 Å². The highest BCUT2D eigenvalue weighted by Gasteiger charge is 2.28. The first kappa shape index (κ1) is 10.4. The van der Waals surface area contributed by atoms with Crippen LogP contribution in [0.3, 0.4) is 0 Å². The van der Waals surface area contributed by atoms with Crippen molar-refractivity contribution in [1.29, 1.82) is 0 Å². The fraction of sp³-hybridized carbons (Fsp3) is 0.364. The van der Waals surface area contributed by atoms with Crippen LogP contribution < -0.4 is 9.47 Å². The molecule has 15 heavy (non-hydrogen) atoms. The molecule has 1 aliphatic heterocycles. The molecule has 4 heteroatoms. The minimum Gasteiger partial charge on any atom is -0.497 e. The van der Waals surface area contributed by atoms with Crippen molar-refractivity contribution >= 4 is 17.5 Å². The van der Waals surface area contributed by atoms with E-state index in [1.165, 1.54) is 11.8 Å². The predicted octanol–water partition coefficient (Wildman–Crippen LogP) is 2.00. The van der Waals surface area contributed by atoms with E-state index in [1.807, 2.05) is 6.26 Å². The second-order valence-electron chi connectivity index (χ2n) is 3.26. The average Bonchev–Trinajstić information content (AvgIpc) is 2.29. The van der Waals surface area contributed by atoms with Gasteiger partial charge in [-0.2, -0.15) is 11.8 Å². The maximum Gasteiger partial charge on any atom is 0.182 e. The lowest BCUT2D eigenvalue weighted by molar-refractivity contribution is 0.0943. The summed E-state index contributed by atoms with van der Waals surface area (Å²) in [6.45, 7) is 0.445. The fourth-order valence-electron chi connectivity index (χ4n) is 1.54. The van der Waals surface area contributed by atoms with Gasteiger partial charge >= 0.3 is 0 Å². The van der Waals surface area contributed by atoms with E-state index in [0.29, 0.717) is 23.7 Å². The topological polar surface area (TPSA) is 35.5 Å². The SMILES string of the molecule is COc1ccc2c(c1)OCC(SC)C2=O. The number of thioether (sulfide) groups is 1. The van der Waals surface area contributed by atoms with Crippen LogP contribution in [-0.2, 0) is 0 Å². The molecular formula is C11H12O3S. The molecule has 80 valence electrons. The zero-order valence-electron chi connectivity index (χ0n) is 8.65. The van der Waals surface area contributed by atoms with Crippen molar-refractivity contribution in [3.05, 3.63) is 23.8 Å². The van der Waals surface area contributed by atoms with Gasteiger partial charge < -0.3 is 9.47 Å². The molecule has 0 N–H and O–H groups in total. The molecule has 0 aliphatic carbocycles. The highest BCUT2D eigenvalue weighted by Crippen LogP contribution is 2.31. The highest BCUT2D eigenvalue weighted by molar-refractivity contribution is 8.00. The van der Waals surface area contributed by atoms with Crippen LogP contribution >= 0.6 is 11.8 Å². The Hall–Kier alpha value is -1.16. The maximum absolute atomic E-state index is 11.9. The van der Waals surface area contributed by atoms with E-state index in [9.17, 15) is 4.79 Å². The van der Waals surface area contributed by atoms with Crippen LogP contribution in [0.1, 0.15) is 10.4 Å². The number of ether oxygens (including phenoxy) is 2. The van der Waals surface area contributed by atoms with E-state index in [1.54, 1.807) is 25.3 Å². The summed E-state index contributed by atoms with van der Waals surface area (Å²) in [4.78, 5) is 11.9. The molecule has 1 aliphatic rings. The summed E-state index contributed by atoms with van der Waals surface area (Å²) in [7, 11) is 1.59. The van der Waals surface area contributed by atoms with E-state index in [4.69, 9.17) is 9.47 Å².